The second kappa shape index (κ2) is 21.9. The highest BCUT2D eigenvalue weighted by Crippen LogP contribution is 2.36. The molecular formula is C40H54O23. The van der Waals surface area contributed by atoms with Crippen LogP contribution in [0.5, 0.6) is 23.0 Å². The molecule has 0 saturated carbocycles. The number of carbonyl (C=O) groups excluding carboxylic acids is 1. The van der Waals surface area contributed by atoms with Crippen LogP contribution in [0, 0.1) is 0 Å². The number of aliphatic hydroxyl groups excluding tert-OH is 9. The Balaban J connectivity index is 1.38. The molecule has 0 bridgehead atoms. The van der Waals surface area contributed by atoms with Gasteiger partial charge in [0.15, 0.2) is 54.3 Å². The van der Waals surface area contributed by atoms with Crippen molar-refractivity contribution in [3.8, 4) is 23.0 Å². The van der Waals surface area contributed by atoms with E-state index < -0.39 is 136 Å². The summed E-state index contributed by atoms with van der Waals surface area (Å²) < 4.78 is 58.8. The molecule has 6 rings (SSSR count). The minimum absolute atomic E-state index is 0.0816. The van der Waals surface area contributed by atoms with Gasteiger partial charge in [-0.3, -0.25) is 0 Å². The molecule has 1 unspecified atom stereocenters. The molecule has 4 saturated heterocycles. The first-order chi connectivity index (χ1) is 30.1. The van der Waals surface area contributed by atoms with Crippen molar-refractivity contribution in [3.05, 3.63) is 53.6 Å². The Kier molecular flexibility index (Phi) is 16.9. The zero-order valence-electron chi connectivity index (χ0n) is 33.7. The summed E-state index contributed by atoms with van der Waals surface area (Å²) in [7, 11) is 1.33. The summed E-state index contributed by atoms with van der Waals surface area (Å²) in [4.78, 5) is 13.8. The van der Waals surface area contributed by atoms with E-state index in [9.17, 15) is 66.1 Å². The van der Waals surface area contributed by atoms with Gasteiger partial charge in [0.2, 0.25) is 0 Å². The largest absolute Gasteiger partial charge is 0.504 e. The van der Waals surface area contributed by atoms with Gasteiger partial charge in [-0.25, -0.2) is 4.79 Å². The quantitative estimate of drug-likeness (QED) is 0.0437. The molecule has 23 nitrogen and oxygen atoms in total. The number of hydrogen-bond acceptors (Lipinski definition) is 23. The smallest absolute Gasteiger partial charge is 0.331 e. The topological polar surface area (TPSA) is 352 Å². The summed E-state index contributed by atoms with van der Waals surface area (Å²) in [6, 6.07) is 8.27. The van der Waals surface area contributed by atoms with Crippen LogP contribution in [-0.2, 0) is 53.8 Å². The zero-order valence-corrected chi connectivity index (χ0v) is 33.7. The molecule has 17 atom stereocenters. The van der Waals surface area contributed by atoms with Crippen LogP contribution in [0.3, 0.4) is 0 Å². The predicted octanol–water partition coefficient (Wildman–Crippen LogP) is -3.78. The van der Waals surface area contributed by atoms with Gasteiger partial charge < -0.3 is 109 Å². The number of carbonyl (C=O) groups is 1. The maximum atomic E-state index is 13.8. The van der Waals surface area contributed by atoms with E-state index in [1.807, 2.05) is 0 Å². The average Bonchev–Trinajstić information content (AvgIpc) is 3.26. The Hall–Kier alpha value is -3.83. The zero-order chi connectivity index (χ0) is 45.5. The Bertz CT molecular complexity index is 1810. The number of methoxy groups -OCH3 is 1. The van der Waals surface area contributed by atoms with Crippen molar-refractivity contribution in [3.63, 3.8) is 0 Å². The van der Waals surface area contributed by atoms with E-state index in [-0.39, 0.29) is 43.3 Å². The number of rotatable bonds is 16. The van der Waals surface area contributed by atoms with Crippen LogP contribution >= 0.6 is 0 Å². The summed E-state index contributed by atoms with van der Waals surface area (Å²) >= 11 is 0. The number of benzene rings is 2. The second-order valence-corrected chi connectivity index (χ2v) is 15.3. The molecule has 352 valence electrons. The van der Waals surface area contributed by atoms with Crippen LogP contribution in [0.25, 0.3) is 6.08 Å². The fourth-order valence-corrected chi connectivity index (χ4v) is 7.20. The SMILES string of the molecule is COc1cc(/C=C/C(=O)O[C@H]2[C@H](O[C@@H]3O[C@H](CO)[C@@H](O)[C@H](O)C3O)[C@@H](O[C@H]3C[C@@H](O)[C@@H](O)CO3)[C@H](OCCc3ccc(O)c(O)c3)O[C@@H]2CO[C@@H]2OC[C@@H](O)[C@H](O)[C@H]2O)ccc1O. The van der Waals surface area contributed by atoms with E-state index in [1.165, 1.54) is 49.6 Å². The molecular weight excluding hydrogens is 848 g/mol. The highest BCUT2D eigenvalue weighted by atomic mass is 16.8. The van der Waals surface area contributed by atoms with Gasteiger partial charge in [0.1, 0.15) is 67.1 Å². The maximum absolute atomic E-state index is 13.8. The van der Waals surface area contributed by atoms with Gasteiger partial charge in [0.25, 0.3) is 0 Å². The molecule has 63 heavy (non-hydrogen) atoms. The van der Waals surface area contributed by atoms with Crippen LogP contribution in [0.1, 0.15) is 17.5 Å². The standard InChI is InChI=1S/C40H54O23/c1-54-25-11-17(3-6-20(25)43)4-7-28(48)61-35-27(16-58-38-33(52)30(49)24(47)15-57-38)60-40(55-9-8-18-2-5-19(42)21(44)10-18)37(62-29-12-22(45)23(46)14-56-29)36(35)63-39-34(53)32(51)31(50)26(13-41)59-39/h2-7,10-11,22-24,26-27,29-47,49-53H,8-9,12-16H2,1H3/b7-4+/t22-,23+,24-,26-,27-,29+,30+,31-,32+,33-,34?,35-,36+,37-,38+,39+,40-/m1/s1. The Labute approximate surface area is 359 Å². The van der Waals surface area contributed by atoms with Crippen LogP contribution in [-0.4, -0.2) is 212 Å². The Morgan fingerprint density at radius 3 is 2.13 bits per heavy atom. The number of esters is 1. The molecule has 0 aliphatic carbocycles. The molecule has 12 N–H and O–H groups in total. The Morgan fingerprint density at radius 2 is 1.41 bits per heavy atom. The maximum Gasteiger partial charge on any atom is 0.331 e. The first kappa shape index (κ1) is 48.6. The van der Waals surface area contributed by atoms with Crippen molar-refractivity contribution in [2.45, 2.75) is 117 Å². The number of hydrogen-bond donors (Lipinski definition) is 12. The fourth-order valence-electron chi connectivity index (χ4n) is 7.20. The molecule has 4 fully saturated rings. The highest BCUT2D eigenvalue weighted by Gasteiger charge is 2.55. The van der Waals surface area contributed by atoms with E-state index in [4.69, 9.17) is 47.4 Å². The van der Waals surface area contributed by atoms with Crippen LogP contribution in [0.15, 0.2) is 42.5 Å². The first-order valence-corrected chi connectivity index (χ1v) is 20.0. The monoisotopic (exact) mass is 902 g/mol. The molecule has 4 aliphatic heterocycles. The molecule has 0 aromatic heterocycles. The minimum Gasteiger partial charge on any atom is -0.504 e. The van der Waals surface area contributed by atoms with E-state index in [0.29, 0.717) is 11.1 Å². The first-order valence-electron chi connectivity index (χ1n) is 20.0. The molecule has 0 radical (unpaired) electrons. The number of aromatic hydroxyl groups is 3. The van der Waals surface area contributed by atoms with E-state index in [0.717, 1.165) is 6.08 Å². The normalized spacial score (nSPS) is 37.5. The van der Waals surface area contributed by atoms with Gasteiger partial charge in [-0.15, -0.1) is 0 Å². The third-order valence-corrected chi connectivity index (χ3v) is 10.8. The van der Waals surface area contributed by atoms with Gasteiger partial charge in [0, 0.05) is 12.5 Å². The lowest BCUT2D eigenvalue weighted by atomic mass is 9.96. The molecule has 2 aromatic rings. The van der Waals surface area contributed by atoms with Crippen molar-refractivity contribution < 1.29 is 113 Å². The van der Waals surface area contributed by atoms with Gasteiger partial charge in [-0.2, -0.15) is 0 Å². The Morgan fingerprint density at radius 1 is 0.698 bits per heavy atom. The number of ether oxygens (including phenoxy) is 10. The summed E-state index contributed by atoms with van der Waals surface area (Å²) in [5.74, 6) is -1.91. The van der Waals surface area contributed by atoms with Crippen molar-refractivity contribution in [2.75, 3.05) is 40.1 Å². The lowest BCUT2D eigenvalue weighted by Crippen LogP contribution is -2.66. The number of phenolic OH excluding ortho intramolecular Hbond substituents is 3. The summed E-state index contributed by atoms with van der Waals surface area (Å²) in [5, 5.41) is 124. The van der Waals surface area contributed by atoms with E-state index in [2.05, 4.69) is 0 Å². The fraction of sp³-hybridized carbons (Fsp3) is 0.625. The summed E-state index contributed by atoms with van der Waals surface area (Å²) in [6.07, 6.45) is -25.7. The van der Waals surface area contributed by atoms with Crippen LogP contribution in [0.2, 0.25) is 0 Å². The lowest BCUT2D eigenvalue weighted by molar-refractivity contribution is -0.383. The molecule has 4 aliphatic rings. The molecule has 0 amide bonds. The predicted molar refractivity (Wildman–Crippen MR) is 205 cm³/mol. The van der Waals surface area contributed by atoms with Crippen molar-refractivity contribution >= 4 is 12.0 Å². The van der Waals surface area contributed by atoms with E-state index >= 15 is 0 Å². The molecule has 23 heteroatoms. The number of phenols is 3. The summed E-state index contributed by atoms with van der Waals surface area (Å²) in [6.45, 7) is -2.55. The lowest BCUT2D eigenvalue weighted by Gasteiger charge is -2.49. The van der Waals surface area contributed by atoms with Gasteiger partial charge >= 0.3 is 5.97 Å². The van der Waals surface area contributed by atoms with E-state index in [1.54, 1.807) is 0 Å². The van der Waals surface area contributed by atoms with Crippen molar-refractivity contribution in [2.24, 2.45) is 0 Å². The second-order valence-electron chi connectivity index (χ2n) is 15.3. The molecule has 2 aromatic carbocycles. The summed E-state index contributed by atoms with van der Waals surface area (Å²) in [5.41, 5.74) is 0.876. The third-order valence-electron chi connectivity index (χ3n) is 10.8. The van der Waals surface area contributed by atoms with Gasteiger partial charge in [0.05, 0.1) is 46.2 Å². The number of aliphatic hydroxyl groups is 9. The van der Waals surface area contributed by atoms with Crippen molar-refractivity contribution in [1.29, 1.82) is 0 Å². The average molecular weight is 903 g/mol. The van der Waals surface area contributed by atoms with Gasteiger partial charge in [-0.1, -0.05) is 12.1 Å². The van der Waals surface area contributed by atoms with Crippen LogP contribution in [0.4, 0.5) is 0 Å². The third kappa shape index (κ3) is 11.9. The molecule has 4 heterocycles. The minimum atomic E-state index is -2.01. The highest BCUT2D eigenvalue weighted by molar-refractivity contribution is 5.87. The van der Waals surface area contributed by atoms with Crippen LogP contribution < -0.4 is 4.74 Å². The molecule has 0 spiro atoms. The van der Waals surface area contributed by atoms with Gasteiger partial charge in [-0.05, 0) is 47.9 Å². The van der Waals surface area contributed by atoms with Crippen molar-refractivity contribution in [1.82, 2.24) is 0 Å².